The Hall–Kier alpha value is -2.33. The van der Waals surface area contributed by atoms with Gasteiger partial charge in [-0.3, -0.25) is 0 Å². The van der Waals surface area contributed by atoms with E-state index in [1.165, 1.54) is 5.56 Å². The lowest BCUT2D eigenvalue weighted by Crippen LogP contribution is -2.50. The van der Waals surface area contributed by atoms with Gasteiger partial charge in [0.05, 0.1) is 18.2 Å². The summed E-state index contributed by atoms with van der Waals surface area (Å²) in [6, 6.07) is 18.4. The Kier molecular flexibility index (Phi) is 4.47. The lowest BCUT2D eigenvalue weighted by Gasteiger charge is -2.44. The van der Waals surface area contributed by atoms with Crippen molar-refractivity contribution in [3.05, 3.63) is 71.3 Å². The molecule has 142 valence electrons. The van der Waals surface area contributed by atoms with Crippen LogP contribution in [0.2, 0.25) is 0 Å². The summed E-state index contributed by atoms with van der Waals surface area (Å²) in [7, 11) is 0. The number of carbonyl (C=O) groups excluding carboxylic acids is 1. The molecule has 4 rings (SSSR count). The maximum atomic E-state index is 13.0. The average Bonchev–Trinajstić information content (AvgIpc) is 3.39. The van der Waals surface area contributed by atoms with Crippen molar-refractivity contribution in [3.63, 3.8) is 0 Å². The number of nitrogens with zero attached hydrogens (tertiary/aromatic N) is 1. The van der Waals surface area contributed by atoms with Gasteiger partial charge >= 0.3 is 6.09 Å². The average molecular weight is 365 g/mol. The second kappa shape index (κ2) is 6.68. The van der Waals surface area contributed by atoms with Crippen LogP contribution in [-0.4, -0.2) is 29.7 Å². The molecular weight excluding hydrogens is 338 g/mol. The quantitative estimate of drug-likeness (QED) is 0.702. The number of benzene rings is 2. The molecule has 3 unspecified atom stereocenters. The van der Waals surface area contributed by atoms with Crippen LogP contribution in [0, 0.1) is 6.92 Å². The van der Waals surface area contributed by atoms with E-state index < -0.39 is 5.60 Å². The first-order valence-corrected chi connectivity index (χ1v) is 9.67. The van der Waals surface area contributed by atoms with E-state index in [2.05, 4.69) is 57.2 Å². The van der Waals surface area contributed by atoms with Crippen LogP contribution in [0.4, 0.5) is 4.79 Å². The topological polar surface area (TPSA) is 42.1 Å². The summed E-state index contributed by atoms with van der Waals surface area (Å²) in [4.78, 5) is 14.9. The van der Waals surface area contributed by atoms with Crippen molar-refractivity contribution in [3.8, 4) is 0 Å². The van der Waals surface area contributed by atoms with E-state index in [0.717, 1.165) is 24.2 Å². The molecule has 3 atom stereocenters. The minimum Gasteiger partial charge on any atom is -0.438 e. The van der Waals surface area contributed by atoms with E-state index in [1.807, 2.05) is 23.1 Å². The molecule has 2 aliphatic rings. The van der Waals surface area contributed by atoms with E-state index in [-0.39, 0.29) is 17.7 Å². The first-order valence-electron chi connectivity index (χ1n) is 9.67. The third kappa shape index (κ3) is 3.59. The molecule has 0 radical (unpaired) electrons. The van der Waals surface area contributed by atoms with E-state index in [0.29, 0.717) is 13.0 Å². The smallest absolute Gasteiger partial charge is 0.411 e. The van der Waals surface area contributed by atoms with Gasteiger partial charge < -0.3 is 14.4 Å². The number of hydrogen-bond donors (Lipinski definition) is 0. The normalized spacial score (nSPS) is 28.6. The van der Waals surface area contributed by atoms with Crippen molar-refractivity contribution in [1.29, 1.82) is 0 Å². The van der Waals surface area contributed by atoms with Crippen molar-refractivity contribution in [2.24, 2.45) is 0 Å². The summed E-state index contributed by atoms with van der Waals surface area (Å²) in [6.07, 6.45) is 1.21. The van der Waals surface area contributed by atoms with Gasteiger partial charge in [-0.05, 0) is 31.9 Å². The summed E-state index contributed by atoms with van der Waals surface area (Å²) in [5.41, 5.74) is 2.58. The summed E-state index contributed by atoms with van der Waals surface area (Å²) in [5, 5.41) is 0. The van der Waals surface area contributed by atoms with Gasteiger partial charge in [-0.2, -0.15) is 0 Å². The zero-order valence-corrected chi connectivity index (χ0v) is 16.3. The molecule has 2 fully saturated rings. The minimum absolute atomic E-state index is 0.0142. The lowest BCUT2D eigenvalue weighted by atomic mass is 9.81. The SMILES string of the molecule is Cc1ccc(C(C)N2CCC(CC3(C)CO3)(c3ccccc3)OC2=O)cc1. The predicted octanol–water partition coefficient (Wildman–Crippen LogP) is 4.97. The van der Waals surface area contributed by atoms with Crippen LogP contribution < -0.4 is 0 Å². The van der Waals surface area contributed by atoms with E-state index >= 15 is 0 Å². The summed E-state index contributed by atoms with van der Waals surface area (Å²) in [6.45, 7) is 7.61. The Labute approximate surface area is 161 Å². The molecule has 1 amide bonds. The number of aryl methyl sites for hydroxylation is 1. The number of amides is 1. The Morgan fingerprint density at radius 1 is 1.11 bits per heavy atom. The lowest BCUT2D eigenvalue weighted by molar-refractivity contribution is -0.0750. The molecule has 27 heavy (non-hydrogen) atoms. The van der Waals surface area contributed by atoms with Crippen LogP contribution in [0.15, 0.2) is 54.6 Å². The van der Waals surface area contributed by atoms with Crippen molar-refractivity contribution < 1.29 is 14.3 Å². The molecule has 0 N–H and O–H groups in total. The fraction of sp³-hybridized carbons (Fsp3) is 0.435. The van der Waals surface area contributed by atoms with Crippen LogP contribution >= 0.6 is 0 Å². The maximum absolute atomic E-state index is 13.0. The van der Waals surface area contributed by atoms with Crippen LogP contribution in [0.25, 0.3) is 0 Å². The highest BCUT2D eigenvalue weighted by Crippen LogP contribution is 2.46. The molecule has 2 aromatic carbocycles. The Balaban J connectivity index is 1.57. The summed E-state index contributed by atoms with van der Waals surface area (Å²) < 4.78 is 11.8. The number of carbonyl (C=O) groups is 1. The third-order valence-electron chi connectivity index (χ3n) is 5.90. The van der Waals surface area contributed by atoms with Gasteiger partial charge in [0.2, 0.25) is 0 Å². The van der Waals surface area contributed by atoms with Gasteiger partial charge in [-0.1, -0.05) is 60.2 Å². The molecule has 4 heteroatoms. The van der Waals surface area contributed by atoms with Gasteiger partial charge in [0.25, 0.3) is 0 Å². The predicted molar refractivity (Wildman–Crippen MR) is 104 cm³/mol. The third-order valence-corrected chi connectivity index (χ3v) is 5.90. The van der Waals surface area contributed by atoms with E-state index in [9.17, 15) is 4.79 Å². The monoisotopic (exact) mass is 365 g/mol. The van der Waals surface area contributed by atoms with Gasteiger partial charge in [0, 0.05) is 19.4 Å². The number of cyclic esters (lactones) is 1. The molecule has 0 aromatic heterocycles. The highest BCUT2D eigenvalue weighted by atomic mass is 16.6. The van der Waals surface area contributed by atoms with Crippen molar-refractivity contribution in [2.45, 2.75) is 50.9 Å². The highest BCUT2D eigenvalue weighted by molar-refractivity contribution is 5.70. The Morgan fingerprint density at radius 2 is 1.78 bits per heavy atom. The molecule has 2 saturated heterocycles. The summed E-state index contributed by atoms with van der Waals surface area (Å²) >= 11 is 0. The first-order chi connectivity index (χ1) is 12.9. The van der Waals surface area contributed by atoms with Crippen LogP contribution in [0.3, 0.4) is 0 Å². The van der Waals surface area contributed by atoms with Crippen molar-refractivity contribution in [2.75, 3.05) is 13.2 Å². The standard InChI is InChI=1S/C23H27NO3/c1-17-9-11-19(12-10-17)18(2)24-14-13-23(27-21(24)25,15-22(3)16-26-22)20-7-5-4-6-8-20/h4-12,18H,13-16H2,1-3H3. The van der Waals surface area contributed by atoms with Gasteiger partial charge in [-0.25, -0.2) is 4.79 Å². The first kappa shape index (κ1) is 18.1. The fourth-order valence-corrected chi connectivity index (χ4v) is 4.05. The number of ether oxygens (including phenoxy) is 2. The number of rotatable bonds is 5. The van der Waals surface area contributed by atoms with Crippen LogP contribution in [-0.2, 0) is 15.1 Å². The zero-order valence-electron chi connectivity index (χ0n) is 16.3. The van der Waals surface area contributed by atoms with Gasteiger partial charge in [0.15, 0.2) is 0 Å². The van der Waals surface area contributed by atoms with Gasteiger partial charge in [0.1, 0.15) is 5.60 Å². The fourth-order valence-electron chi connectivity index (χ4n) is 4.05. The second-order valence-electron chi connectivity index (χ2n) is 8.17. The zero-order chi connectivity index (χ0) is 19.1. The molecule has 0 bridgehead atoms. The maximum Gasteiger partial charge on any atom is 0.411 e. The number of epoxide rings is 1. The van der Waals surface area contributed by atoms with E-state index in [4.69, 9.17) is 9.47 Å². The molecule has 0 spiro atoms. The largest absolute Gasteiger partial charge is 0.438 e. The Bertz CT molecular complexity index is 813. The Morgan fingerprint density at radius 3 is 2.37 bits per heavy atom. The minimum atomic E-state index is -0.618. The molecule has 2 heterocycles. The van der Waals surface area contributed by atoms with Crippen LogP contribution in [0.5, 0.6) is 0 Å². The number of hydrogen-bond acceptors (Lipinski definition) is 3. The molecular formula is C23H27NO3. The molecule has 4 nitrogen and oxygen atoms in total. The summed E-state index contributed by atoms with van der Waals surface area (Å²) in [5.74, 6) is 0. The van der Waals surface area contributed by atoms with Crippen molar-refractivity contribution in [1.82, 2.24) is 4.90 Å². The van der Waals surface area contributed by atoms with Gasteiger partial charge in [-0.15, -0.1) is 0 Å². The van der Waals surface area contributed by atoms with Crippen LogP contribution in [0.1, 0.15) is 49.4 Å². The highest BCUT2D eigenvalue weighted by Gasteiger charge is 2.52. The van der Waals surface area contributed by atoms with Crippen molar-refractivity contribution >= 4 is 6.09 Å². The molecule has 2 aliphatic heterocycles. The second-order valence-corrected chi connectivity index (χ2v) is 8.17. The molecule has 0 saturated carbocycles. The van der Waals surface area contributed by atoms with E-state index in [1.54, 1.807) is 0 Å². The molecule has 2 aromatic rings. The molecule has 0 aliphatic carbocycles.